The number of rotatable bonds is 22. The molecule has 13 heteroatoms. The minimum atomic E-state index is -0.821. The van der Waals surface area contributed by atoms with Crippen molar-refractivity contribution < 1.29 is 38.1 Å². The molecule has 0 radical (unpaired) electrons. The summed E-state index contributed by atoms with van der Waals surface area (Å²) < 4.78 is 27.1. The molecule has 274 valence electrons. The number of nitrogen functional groups attached to an aromatic ring is 1. The lowest BCUT2D eigenvalue weighted by Crippen LogP contribution is -2.44. The summed E-state index contributed by atoms with van der Waals surface area (Å²) in [6.45, 7) is 7.70. The maximum absolute atomic E-state index is 13.4. The van der Waals surface area contributed by atoms with Gasteiger partial charge in [-0.2, -0.15) is 0 Å². The van der Waals surface area contributed by atoms with Gasteiger partial charge in [0.15, 0.2) is 0 Å². The van der Waals surface area contributed by atoms with Crippen LogP contribution in [0.15, 0.2) is 77.9 Å². The van der Waals surface area contributed by atoms with E-state index in [9.17, 15) is 14.4 Å². The highest BCUT2D eigenvalue weighted by molar-refractivity contribution is 5.97. The van der Waals surface area contributed by atoms with Gasteiger partial charge in [-0.05, 0) is 99.0 Å². The molecule has 0 saturated carbocycles. The number of esters is 2. The summed E-state index contributed by atoms with van der Waals surface area (Å²) in [5, 5.41) is 6.25. The fourth-order valence-corrected chi connectivity index (χ4v) is 4.82. The van der Waals surface area contributed by atoms with E-state index in [0.717, 1.165) is 16.7 Å². The van der Waals surface area contributed by atoms with E-state index in [4.69, 9.17) is 34.9 Å². The van der Waals surface area contributed by atoms with Crippen molar-refractivity contribution in [1.82, 2.24) is 5.32 Å². The molecule has 0 aromatic heterocycles. The van der Waals surface area contributed by atoms with Crippen LogP contribution in [0.2, 0.25) is 0 Å². The highest BCUT2D eigenvalue weighted by Crippen LogP contribution is 2.20. The molecule has 3 aromatic carbocycles. The second kappa shape index (κ2) is 22.0. The summed E-state index contributed by atoms with van der Waals surface area (Å²) in [4.78, 5) is 41.3. The summed E-state index contributed by atoms with van der Waals surface area (Å²) in [6, 6.07) is 21.3. The van der Waals surface area contributed by atoms with E-state index in [-0.39, 0.29) is 25.5 Å². The first-order chi connectivity index (χ1) is 24.5. The zero-order chi connectivity index (χ0) is 36.9. The Kier molecular flexibility index (Phi) is 17.5. The first-order valence-electron chi connectivity index (χ1n) is 17.0. The minimum absolute atomic E-state index is 0.0962. The van der Waals surface area contributed by atoms with Crippen LogP contribution >= 0.6 is 0 Å². The van der Waals surface area contributed by atoms with E-state index in [1.54, 1.807) is 51.1 Å². The van der Waals surface area contributed by atoms with Crippen molar-refractivity contribution in [3.05, 3.63) is 105 Å². The lowest BCUT2D eigenvalue weighted by Gasteiger charge is -2.25. The van der Waals surface area contributed by atoms with Crippen molar-refractivity contribution in [1.29, 1.82) is 0 Å². The van der Waals surface area contributed by atoms with Crippen LogP contribution in [0.25, 0.3) is 10.4 Å². The SMILES string of the molecule is CC(C)(C)OC(=O)[C@H](CCc1ccccc1)NC(=O)c1ccc(N)c(CCc2ccc(OC(=O)CCOCCOCCOCCN=[N+]=[N-])cc2)c1. The topological polar surface area (TPSA) is 184 Å². The monoisotopic (exact) mass is 703 g/mol. The van der Waals surface area contributed by atoms with Crippen LogP contribution in [0.5, 0.6) is 5.75 Å². The Hall–Kier alpha value is -4.94. The first kappa shape index (κ1) is 40.5. The molecular formula is C38H49N5O8. The van der Waals surface area contributed by atoms with E-state index < -0.39 is 23.6 Å². The van der Waals surface area contributed by atoms with Crippen molar-refractivity contribution in [2.75, 3.05) is 51.9 Å². The van der Waals surface area contributed by atoms with Gasteiger partial charge in [-0.25, -0.2) is 4.79 Å². The van der Waals surface area contributed by atoms with Crippen molar-refractivity contribution in [2.45, 2.75) is 64.5 Å². The molecule has 0 aliphatic carbocycles. The van der Waals surface area contributed by atoms with Crippen LogP contribution in [0.3, 0.4) is 0 Å². The summed E-state index contributed by atoms with van der Waals surface area (Å²) in [7, 11) is 0. The van der Waals surface area contributed by atoms with Gasteiger partial charge in [0.1, 0.15) is 17.4 Å². The van der Waals surface area contributed by atoms with Gasteiger partial charge in [-0.1, -0.05) is 47.6 Å². The van der Waals surface area contributed by atoms with Gasteiger partial charge in [-0.3, -0.25) is 9.59 Å². The van der Waals surface area contributed by atoms with Gasteiger partial charge in [0.05, 0.1) is 46.1 Å². The Bertz CT molecular complexity index is 1570. The second-order valence-electron chi connectivity index (χ2n) is 12.7. The van der Waals surface area contributed by atoms with Gasteiger partial charge in [0, 0.05) is 22.7 Å². The smallest absolute Gasteiger partial charge is 0.329 e. The summed E-state index contributed by atoms with van der Waals surface area (Å²) in [5.74, 6) is -0.843. The standard InChI is InChI=1S/C38H49N5O8/c1-38(2,3)51-37(46)34(18-12-28-7-5-4-6-8-28)42-36(45)31-14-17-33(39)30(27-31)13-9-29-10-15-32(16-11-29)50-35(44)19-21-47-23-25-49-26-24-48-22-20-41-43-40/h4-8,10-11,14-17,27,34H,9,12-13,18-26,39H2,1-3H3,(H,42,45)/t34-/m0/s1. The Balaban J connectivity index is 1.43. The number of anilines is 1. The molecule has 3 rings (SSSR count). The molecule has 13 nitrogen and oxygen atoms in total. The van der Waals surface area contributed by atoms with Gasteiger partial charge in [0.25, 0.3) is 5.91 Å². The predicted octanol–water partition coefficient (Wildman–Crippen LogP) is 5.78. The van der Waals surface area contributed by atoms with Gasteiger partial charge < -0.3 is 34.7 Å². The highest BCUT2D eigenvalue weighted by Gasteiger charge is 2.27. The largest absolute Gasteiger partial charge is 0.458 e. The number of amides is 1. The lowest BCUT2D eigenvalue weighted by atomic mass is 10.00. The number of carbonyl (C=O) groups excluding carboxylic acids is 3. The number of azide groups is 1. The fourth-order valence-electron chi connectivity index (χ4n) is 4.82. The number of carbonyl (C=O) groups is 3. The molecule has 0 unspecified atom stereocenters. The number of benzene rings is 3. The maximum atomic E-state index is 13.4. The third kappa shape index (κ3) is 16.5. The summed E-state index contributed by atoms with van der Waals surface area (Å²) in [5.41, 5.74) is 17.6. The van der Waals surface area contributed by atoms with Crippen LogP contribution in [0.4, 0.5) is 5.69 Å². The van der Waals surface area contributed by atoms with E-state index >= 15 is 0 Å². The van der Waals surface area contributed by atoms with E-state index in [1.807, 2.05) is 42.5 Å². The molecule has 0 saturated heterocycles. The van der Waals surface area contributed by atoms with Gasteiger partial charge in [0.2, 0.25) is 0 Å². The predicted molar refractivity (Wildman–Crippen MR) is 193 cm³/mol. The van der Waals surface area contributed by atoms with Crippen LogP contribution in [-0.2, 0) is 47.8 Å². The van der Waals surface area contributed by atoms with Crippen molar-refractivity contribution in [2.24, 2.45) is 5.11 Å². The molecular weight excluding hydrogens is 654 g/mol. The summed E-state index contributed by atoms with van der Waals surface area (Å²) >= 11 is 0. The van der Waals surface area contributed by atoms with E-state index in [2.05, 4.69) is 15.3 Å². The van der Waals surface area contributed by atoms with Gasteiger partial charge >= 0.3 is 11.9 Å². The molecule has 1 amide bonds. The number of nitrogens with zero attached hydrogens (tertiary/aromatic N) is 3. The van der Waals surface area contributed by atoms with E-state index in [0.29, 0.717) is 75.7 Å². The van der Waals surface area contributed by atoms with Gasteiger partial charge in [-0.15, -0.1) is 0 Å². The zero-order valence-electron chi connectivity index (χ0n) is 29.7. The average Bonchev–Trinajstić information content (AvgIpc) is 3.10. The van der Waals surface area contributed by atoms with Crippen molar-refractivity contribution in [3.8, 4) is 5.75 Å². The average molecular weight is 704 g/mol. The van der Waals surface area contributed by atoms with Crippen LogP contribution < -0.4 is 15.8 Å². The number of nitrogens with two attached hydrogens (primary N) is 1. The number of aryl methyl sites for hydroxylation is 3. The van der Waals surface area contributed by atoms with E-state index in [1.165, 1.54) is 0 Å². The van der Waals surface area contributed by atoms with Crippen molar-refractivity contribution in [3.63, 3.8) is 0 Å². The Labute approximate surface area is 299 Å². The molecule has 0 fully saturated rings. The van der Waals surface area contributed by atoms with Crippen LogP contribution in [-0.4, -0.2) is 75.7 Å². The molecule has 3 aromatic rings. The number of hydrogen-bond acceptors (Lipinski definition) is 10. The summed E-state index contributed by atoms with van der Waals surface area (Å²) in [6.07, 6.45) is 2.30. The molecule has 0 aliphatic rings. The molecule has 1 atom stereocenters. The third-order valence-electron chi connectivity index (χ3n) is 7.40. The van der Waals surface area contributed by atoms with Crippen LogP contribution in [0, 0.1) is 0 Å². The third-order valence-corrected chi connectivity index (χ3v) is 7.40. The lowest BCUT2D eigenvalue weighted by molar-refractivity contribution is -0.157. The molecule has 0 heterocycles. The maximum Gasteiger partial charge on any atom is 0.329 e. The first-order valence-corrected chi connectivity index (χ1v) is 17.0. The number of hydrogen-bond donors (Lipinski definition) is 2. The Morgan fingerprint density at radius 3 is 2.14 bits per heavy atom. The van der Waals surface area contributed by atoms with Crippen LogP contribution in [0.1, 0.15) is 60.7 Å². The quantitative estimate of drug-likeness (QED) is 0.0249. The molecule has 3 N–H and O–H groups in total. The molecule has 0 spiro atoms. The zero-order valence-corrected chi connectivity index (χ0v) is 29.7. The Morgan fingerprint density at radius 1 is 0.824 bits per heavy atom. The molecule has 0 bridgehead atoms. The van der Waals surface area contributed by atoms with Crippen molar-refractivity contribution >= 4 is 23.5 Å². The number of ether oxygens (including phenoxy) is 5. The minimum Gasteiger partial charge on any atom is -0.458 e. The Morgan fingerprint density at radius 2 is 1.47 bits per heavy atom. The normalized spacial score (nSPS) is 11.7. The number of nitrogens with one attached hydrogen (secondary N) is 1. The second-order valence-corrected chi connectivity index (χ2v) is 12.7. The highest BCUT2D eigenvalue weighted by atomic mass is 16.6. The molecule has 51 heavy (non-hydrogen) atoms. The fraction of sp³-hybridized carbons (Fsp3) is 0.447. The molecule has 0 aliphatic heterocycles.